The fraction of sp³-hybridized carbons (Fsp3) is 0.667. The Balaban J connectivity index is 2.08. The number of carbonyl (C=O) groups is 2. The number of hydrogen-bond donors (Lipinski definition) is 0. The first-order valence-corrected chi connectivity index (χ1v) is 7.68. The molecule has 116 valence electrons. The van der Waals surface area contributed by atoms with Crippen LogP contribution in [0.3, 0.4) is 0 Å². The number of halogens is 1. The predicted molar refractivity (Wildman–Crippen MR) is 79.4 cm³/mol. The highest BCUT2D eigenvalue weighted by molar-refractivity contribution is 6.67. The maximum Gasteiger partial charge on any atom is 0.311 e. The summed E-state index contributed by atoms with van der Waals surface area (Å²) in [5, 5.41) is 3.80. The molecule has 0 atom stereocenters. The predicted octanol–water partition coefficient (Wildman–Crippen LogP) is 3.26. The third-order valence-electron chi connectivity index (χ3n) is 4.43. The summed E-state index contributed by atoms with van der Waals surface area (Å²) in [7, 11) is 0. The lowest BCUT2D eigenvalue weighted by atomic mass is 9.74. The molecule has 1 aliphatic rings. The van der Waals surface area contributed by atoms with E-state index in [9.17, 15) is 9.59 Å². The van der Waals surface area contributed by atoms with Crippen LogP contribution in [0.25, 0.3) is 0 Å². The zero-order valence-corrected chi connectivity index (χ0v) is 13.4. The Morgan fingerprint density at radius 1 is 1.48 bits per heavy atom. The molecule has 5 nitrogen and oxygen atoms in total. The summed E-state index contributed by atoms with van der Waals surface area (Å²) in [5.41, 5.74) is 0.841. The first-order valence-electron chi connectivity index (χ1n) is 7.30. The van der Waals surface area contributed by atoms with Gasteiger partial charge in [-0.05, 0) is 58.1 Å². The van der Waals surface area contributed by atoms with Crippen LogP contribution in [-0.4, -0.2) is 27.6 Å². The van der Waals surface area contributed by atoms with E-state index < -0.39 is 10.7 Å². The van der Waals surface area contributed by atoms with Crippen molar-refractivity contribution in [2.24, 2.45) is 5.41 Å². The van der Waals surface area contributed by atoms with Crippen molar-refractivity contribution in [2.45, 2.75) is 52.5 Å². The van der Waals surface area contributed by atoms with Gasteiger partial charge in [0, 0.05) is 5.69 Å². The number of carbonyl (C=O) groups excluding carboxylic acids is 2. The van der Waals surface area contributed by atoms with Crippen LogP contribution in [0.15, 0.2) is 6.20 Å². The van der Waals surface area contributed by atoms with Gasteiger partial charge in [-0.15, -0.1) is 0 Å². The van der Waals surface area contributed by atoms with Crippen LogP contribution in [-0.2, 0) is 9.53 Å². The summed E-state index contributed by atoms with van der Waals surface area (Å²) in [6.45, 7) is 6.05. The Bertz CT molecular complexity index is 545. The first-order chi connectivity index (χ1) is 9.89. The van der Waals surface area contributed by atoms with Crippen LogP contribution in [0, 0.1) is 12.3 Å². The number of aromatic nitrogens is 2. The highest BCUT2D eigenvalue weighted by Gasteiger charge is 2.39. The monoisotopic (exact) mass is 312 g/mol. The van der Waals surface area contributed by atoms with Gasteiger partial charge in [-0.3, -0.25) is 14.3 Å². The van der Waals surface area contributed by atoms with Crippen molar-refractivity contribution < 1.29 is 14.3 Å². The van der Waals surface area contributed by atoms with Gasteiger partial charge in [0.25, 0.3) is 5.24 Å². The quantitative estimate of drug-likeness (QED) is 0.632. The molecule has 0 radical (unpaired) electrons. The summed E-state index contributed by atoms with van der Waals surface area (Å²) in [4.78, 5) is 23.3. The molecule has 21 heavy (non-hydrogen) atoms. The van der Waals surface area contributed by atoms with Crippen LogP contribution in [0.5, 0.6) is 0 Å². The van der Waals surface area contributed by atoms with Gasteiger partial charge in [-0.25, -0.2) is 0 Å². The number of ether oxygens (including phenoxy) is 1. The lowest BCUT2D eigenvalue weighted by molar-refractivity contribution is -0.156. The molecular formula is C15H21ClN2O3. The highest BCUT2D eigenvalue weighted by atomic mass is 35.5. The van der Waals surface area contributed by atoms with E-state index in [1.165, 1.54) is 6.20 Å². The van der Waals surface area contributed by atoms with E-state index in [1.807, 2.05) is 25.5 Å². The van der Waals surface area contributed by atoms with Gasteiger partial charge in [0.15, 0.2) is 0 Å². The third-order valence-corrected chi connectivity index (χ3v) is 4.63. The van der Waals surface area contributed by atoms with Gasteiger partial charge in [-0.2, -0.15) is 5.10 Å². The second-order valence-electron chi connectivity index (χ2n) is 5.87. The van der Waals surface area contributed by atoms with Gasteiger partial charge in [-0.1, -0.05) is 0 Å². The Kier molecular flexibility index (Phi) is 4.71. The molecular weight excluding hydrogens is 292 g/mol. The maximum absolute atomic E-state index is 12.0. The smallest absolute Gasteiger partial charge is 0.311 e. The van der Waals surface area contributed by atoms with E-state index in [0.717, 1.165) is 31.4 Å². The Hall–Kier alpha value is -1.36. The molecule has 1 saturated carbocycles. The van der Waals surface area contributed by atoms with Crippen molar-refractivity contribution in [3.63, 3.8) is 0 Å². The minimum atomic E-state index is -0.481. The molecule has 0 aliphatic heterocycles. The van der Waals surface area contributed by atoms with E-state index in [1.54, 1.807) is 0 Å². The molecule has 1 aromatic rings. The van der Waals surface area contributed by atoms with Crippen molar-refractivity contribution in [1.29, 1.82) is 0 Å². The topological polar surface area (TPSA) is 61.2 Å². The molecule has 1 aromatic heterocycles. The molecule has 0 spiro atoms. The lowest BCUT2D eigenvalue weighted by Crippen LogP contribution is -2.35. The van der Waals surface area contributed by atoms with Gasteiger partial charge in [0.1, 0.15) is 0 Å². The second-order valence-corrected chi connectivity index (χ2v) is 6.22. The Labute approximate surface area is 129 Å². The molecule has 0 amide bonds. The molecule has 1 fully saturated rings. The summed E-state index contributed by atoms with van der Waals surface area (Å²) in [6.07, 6.45) is 4.73. The summed E-state index contributed by atoms with van der Waals surface area (Å²) < 4.78 is 7.02. The van der Waals surface area contributed by atoms with Crippen LogP contribution in [0.2, 0.25) is 0 Å². The molecule has 0 bridgehead atoms. The second kappa shape index (κ2) is 6.18. The van der Waals surface area contributed by atoms with Crippen molar-refractivity contribution in [2.75, 3.05) is 6.61 Å². The molecule has 6 heteroatoms. The minimum absolute atomic E-state index is 0.114. The summed E-state index contributed by atoms with van der Waals surface area (Å²) in [6, 6.07) is 0.206. The molecule has 0 saturated heterocycles. The average Bonchev–Trinajstić information content (AvgIpc) is 2.82. The number of esters is 1. The summed E-state index contributed by atoms with van der Waals surface area (Å²) >= 11 is 5.53. The van der Waals surface area contributed by atoms with E-state index in [-0.39, 0.29) is 12.0 Å². The fourth-order valence-corrected chi connectivity index (χ4v) is 3.16. The first kappa shape index (κ1) is 16.0. The van der Waals surface area contributed by atoms with E-state index in [4.69, 9.17) is 16.3 Å². The third kappa shape index (κ3) is 3.12. The van der Waals surface area contributed by atoms with E-state index >= 15 is 0 Å². The standard InChI is InChI=1S/C15H21ClN2O3/c1-4-21-14(20)15(3)7-5-11(6-8-15)18-10(2)12(9-17-18)13(16)19/h9,11H,4-8H2,1-3H3/t11-,15-. The van der Waals surface area contributed by atoms with Crippen LogP contribution in [0.1, 0.15) is 61.6 Å². The highest BCUT2D eigenvalue weighted by Crippen LogP contribution is 2.41. The Morgan fingerprint density at radius 2 is 2.10 bits per heavy atom. The zero-order chi connectivity index (χ0) is 15.6. The average molecular weight is 313 g/mol. The number of nitrogens with zero attached hydrogens (tertiary/aromatic N) is 2. The Morgan fingerprint density at radius 3 is 2.57 bits per heavy atom. The van der Waals surface area contributed by atoms with E-state index in [2.05, 4.69) is 5.10 Å². The van der Waals surface area contributed by atoms with Crippen molar-refractivity contribution in [1.82, 2.24) is 9.78 Å². The number of rotatable bonds is 4. The minimum Gasteiger partial charge on any atom is -0.466 e. The molecule has 0 aromatic carbocycles. The zero-order valence-electron chi connectivity index (χ0n) is 12.7. The number of hydrogen-bond acceptors (Lipinski definition) is 4. The summed E-state index contributed by atoms with van der Waals surface area (Å²) in [5.74, 6) is -0.114. The van der Waals surface area contributed by atoms with Gasteiger partial charge >= 0.3 is 5.97 Å². The van der Waals surface area contributed by atoms with Crippen molar-refractivity contribution >= 4 is 22.8 Å². The molecule has 0 N–H and O–H groups in total. The molecule has 2 rings (SSSR count). The molecule has 1 aliphatic carbocycles. The fourth-order valence-electron chi connectivity index (χ4n) is 2.98. The van der Waals surface area contributed by atoms with Crippen LogP contribution >= 0.6 is 11.6 Å². The molecule has 0 unspecified atom stereocenters. The van der Waals surface area contributed by atoms with Crippen molar-refractivity contribution in [3.05, 3.63) is 17.5 Å². The largest absolute Gasteiger partial charge is 0.466 e. The van der Waals surface area contributed by atoms with Gasteiger partial charge in [0.05, 0.1) is 29.8 Å². The SMILES string of the molecule is CCOC(=O)[C@]1(C)CC[C@@H](n2ncc(C(=O)Cl)c2C)CC1. The van der Waals surface area contributed by atoms with Crippen molar-refractivity contribution in [3.8, 4) is 0 Å². The normalized spacial score (nSPS) is 25.6. The molecule has 1 heterocycles. The van der Waals surface area contributed by atoms with Gasteiger partial charge in [0.2, 0.25) is 0 Å². The van der Waals surface area contributed by atoms with E-state index in [0.29, 0.717) is 12.2 Å². The lowest BCUT2D eigenvalue weighted by Gasteiger charge is -2.35. The maximum atomic E-state index is 12.0. The van der Waals surface area contributed by atoms with Crippen LogP contribution in [0.4, 0.5) is 0 Å². The van der Waals surface area contributed by atoms with Crippen LogP contribution < -0.4 is 0 Å². The van der Waals surface area contributed by atoms with Gasteiger partial charge < -0.3 is 4.74 Å².